The Morgan fingerprint density at radius 2 is 1.94 bits per heavy atom. The highest BCUT2D eigenvalue weighted by atomic mass is 32.1. The molecule has 0 N–H and O–H groups in total. The third-order valence-corrected chi connectivity index (χ3v) is 3.07. The fraction of sp³-hybridized carbons (Fsp3) is 0.154. The van der Waals surface area contributed by atoms with Crippen LogP contribution in [-0.2, 0) is 11.2 Å². The average Bonchev–Trinajstić information content (AvgIpc) is 2.81. The first kappa shape index (κ1) is 10.9. The van der Waals surface area contributed by atoms with Crippen molar-refractivity contribution < 1.29 is 9.53 Å². The molecule has 2 rings (SSSR count). The molecule has 0 fully saturated rings. The van der Waals surface area contributed by atoms with E-state index in [0.717, 1.165) is 6.42 Å². The Labute approximate surface area is 98.5 Å². The topological polar surface area (TPSA) is 26.3 Å². The van der Waals surface area contributed by atoms with Gasteiger partial charge in [0.05, 0.1) is 6.42 Å². The molecule has 0 radical (unpaired) electrons. The van der Waals surface area contributed by atoms with Gasteiger partial charge in [-0.15, -0.1) is 11.3 Å². The van der Waals surface area contributed by atoms with E-state index in [1.165, 1.54) is 4.88 Å². The van der Waals surface area contributed by atoms with Crippen molar-refractivity contribution in [1.29, 1.82) is 0 Å². The molecule has 0 aliphatic rings. The Morgan fingerprint density at radius 1 is 1.12 bits per heavy atom. The highest BCUT2D eigenvalue weighted by molar-refractivity contribution is 7.09. The van der Waals surface area contributed by atoms with E-state index >= 15 is 0 Å². The van der Waals surface area contributed by atoms with Crippen molar-refractivity contribution in [2.75, 3.05) is 0 Å². The minimum Gasteiger partial charge on any atom is -0.427 e. The number of esters is 1. The van der Waals surface area contributed by atoms with Gasteiger partial charge < -0.3 is 4.74 Å². The Balaban J connectivity index is 1.81. The molecule has 0 spiro atoms. The number of para-hydroxylation sites is 1. The molecule has 2 nitrogen and oxygen atoms in total. The zero-order valence-corrected chi connectivity index (χ0v) is 9.57. The number of hydrogen-bond donors (Lipinski definition) is 0. The van der Waals surface area contributed by atoms with E-state index in [-0.39, 0.29) is 5.97 Å². The predicted molar refractivity (Wildman–Crippen MR) is 64.7 cm³/mol. The molecule has 3 heteroatoms. The Bertz CT molecular complexity index is 434. The minimum atomic E-state index is -0.181. The highest BCUT2D eigenvalue weighted by Crippen LogP contribution is 2.13. The standard InChI is InChI=1S/C13H12O2S/c14-13(9-8-12-7-4-10-16-12)15-11-5-2-1-3-6-11/h1-7,10H,8-9H2. The first-order valence-corrected chi connectivity index (χ1v) is 6.00. The summed E-state index contributed by atoms with van der Waals surface area (Å²) in [6.45, 7) is 0. The minimum absolute atomic E-state index is 0.181. The highest BCUT2D eigenvalue weighted by Gasteiger charge is 2.05. The van der Waals surface area contributed by atoms with Crippen LogP contribution < -0.4 is 4.74 Å². The van der Waals surface area contributed by atoms with E-state index in [2.05, 4.69) is 0 Å². The molecule has 0 saturated heterocycles. The van der Waals surface area contributed by atoms with Gasteiger partial charge >= 0.3 is 5.97 Å². The van der Waals surface area contributed by atoms with E-state index in [1.807, 2.05) is 35.7 Å². The summed E-state index contributed by atoms with van der Waals surface area (Å²) in [5.41, 5.74) is 0. The molecule has 2 aromatic rings. The molecule has 0 unspecified atom stereocenters. The molecule has 82 valence electrons. The van der Waals surface area contributed by atoms with Gasteiger partial charge in [-0.05, 0) is 30.0 Å². The predicted octanol–water partition coefficient (Wildman–Crippen LogP) is 3.29. The van der Waals surface area contributed by atoms with Gasteiger partial charge in [0, 0.05) is 4.88 Å². The summed E-state index contributed by atoms with van der Waals surface area (Å²) in [5.74, 6) is 0.429. The maximum atomic E-state index is 11.5. The molecule has 16 heavy (non-hydrogen) atoms. The second-order valence-corrected chi connectivity index (χ2v) is 4.40. The lowest BCUT2D eigenvalue weighted by Gasteiger charge is -2.02. The van der Waals surface area contributed by atoms with Gasteiger partial charge in [0.15, 0.2) is 0 Å². The normalized spacial score (nSPS) is 10.0. The van der Waals surface area contributed by atoms with Gasteiger partial charge in [-0.1, -0.05) is 24.3 Å². The summed E-state index contributed by atoms with van der Waals surface area (Å²) in [6, 6.07) is 13.2. The zero-order valence-electron chi connectivity index (χ0n) is 8.76. The molecule has 1 aromatic heterocycles. The van der Waals surface area contributed by atoms with Gasteiger partial charge in [0.25, 0.3) is 0 Å². The fourth-order valence-electron chi connectivity index (χ4n) is 1.35. The number of benzene rings is 1. The Hall–Kier alpha value is -1.61. The second-order valence-electron chi connectivity index (χ2n) is 3.37. The summed E-state index contributed by atoms with van der Waals surface area (Å²) in [6.07, 6.45) is 1.18. The number of hydrogen-bond acceptors (Lipinski definition) is 3. The lowest BCUT2D eigenvalue weighted by atomic mass is 10.2. The van der Waals surface area contributed by atoms with Crippen molar-refractivity contribution >= 4 is 17.3 Å². The lowest BCUT2D eigenvalue weighted by Crippen LogP contribution is -2.08. The zero-order chi connectivity index (χ0) is 11.2. The summed E-state index contributed by atoms with van der Waals surface area (Å²) in [4.78, 5) is 12.7. The van der Waals surface area contributed by atoms with Gasteiger partial charge in [0.1, 0.15) is 5.75 Å². The van der Waals surface area contributed by atoms with Crippen LogP contribution in [0.4, 0.5) is 0 Å². The van der Waals surface area contributed by atoms with Crippen molar-refractivity contribution in [3.05, 3.63) is 52.7 Å². The molecule has 1 aromatic carbocycles. The van der Waals surface area contributed by atoms with E-state index < -0.39 is 0 Å². The molecule has 0 aliphatic carbocycles. The molecular formula is C13H12O2S. The number of carbonyl (C=O) groups is 1. The molecular weight excluding hydrogens is 220 g/mol. The van der Waals surface area contributed by atoms with Crippen molar-refractivity contribution in [1.82, 2.24) is 0 Å². The Kier molecular flexibility index (Phi) is 3.72. The monoisotopic (exact) mass is 232 g/mol. The van der Waals surface area contributed by atoms with Crippen LogP contribution in [0.15, 0.2) is 47.8 Å². The first-order chi connectivity index (χ1) is 7.84. The maximum absolute atomic E-state index is 11.5. The summed E-state index contributed by atoms with van der Waals surface area (Å²) < 4.78 is 5.18. The summed E-state index contributed by atoms with van der Waals surface area (Å²) in [7, 11) is 0. The average molecular weight is 232 g/mol. The van der Waals surface area contributed by atoms with Gasteiger partial charge in [-0.25, -0.2) is 0 Å². The van der Waals surface area contributed by atoms with Crippen LogP contribution in [0.5, 0.6) is 5.75 Å². The van der Waals surface area contributed by atoms with E-state index in [9.17, 15) is 4.79 Å². The van der Waals surface area contributed by atoms with Gasteiger partial charge in [-0.3, -0.25) is 4.79 Å². The number of ether oxygens (including phenoxy) is 1. The van der Waals surface area contributed by atoms with Crippen LogP contribution in [0.25, 0.3) is 0 Å². The third-order valence-electron chi connectivity index (χ3n) is 2.13. The fourth-order valence-corrected chi connectivity index (χ4v) is 2.06. The molecule has 1 heterocycles. The van der Waals surface area contributed by atoms with Gasteiger partial charge in [0.2, 0.25) is 0 Å². The van der Waals surface area contributed by atoms with E-state index in [0.29, 0.717) is 12.2 Å². The van der Waals surface area contributed by atoms with Crippen LogP contribution in [0.1, 0.15) is 11.3 Å². The lowest BCUT2D eigenvalue weighted by molar-refractivity contribution is -0.134. The van der Waals surface area contributed by atoms with Gasteiger partial charge in [-0.2, -0.15) is 0 Å². The van der Waals surface area contributed by atoms with Crippen molar-refractivity contribution in [2.24, 2.45) is 0 Å². The van der Waals surface area contributed by atoms with Crippen LogP contribution in [0.2, 0.25) is 0 Å². The third kappa shape index (κ3) is 3.21. The van der Waals surface area contributed by atoms with Crippen LogP contribution in [0, 0.1) is 0 Å². The van der Waals surface area contributed by atoms with Crippen LogP contribution in [-0.4, -0.2) is 5.97 Å². The molecule has 0 atom stereocenters. The van der Waals surface area contributed by atoms with Crippen molar-refractivity contribution in [3.8, 4) is 5.75 Å². The number of carbonyl (C=O) groups excluding carboxylic acids is 1. The summed E-state index contributed by atoms with van der Waals surface area (Å²) >= 11 is 1.66. The smallest absolute Gasteiger partial charge is 0.311 e. The molecule has 0 aliphatic heterocycles. The molecule has 0 amide bonds. The molecule has 0 saturated carbocycles. The quantitative estimate of drug-likeness (QED) is 0.597. The first-order valence-electron chi connectivity index (χ1n) is 5.13. The van der Waals surface area contributed by atoms with E-state index in [4.69, 9.17) is 4.74 Å². The number of thiophene rings is 1. The molecule has 0 bridgehead atoms. The largest absolute Gasteiger partial charge is 0.427 e. The van der Waals surface area contributed by atoms with Crippen LogP contribution >= 0.6 is 11.3 Å². The second kappa shape index (κ2) is 5.47. The number of rotatable bonds is 4. The van der Waals surface area contributed by atoms with E-state index in [1.54, 1.807) is 23.5 Å². The van der Waals surface area contributed by atoms with Crippen molar-refractivity contribution in [2.45, 2.75) is 12.8 Å². The van der Waals surface area contributed by atoms with Crippen LogP contribution in [0.3, 0.4) is 0 Å². The Morgan fingerprint density at radius 3 is 2.62 bits per heavy atom. The van der Waals surface area contributed by atoms with Crippen molar-refractivity contribution in [3.63, 3.8) is 0 Å². The summed E-state index contributed by atoms with van der Waals surface area (Å²) in [5, 5.41) is 2.01. The number of aryl methyl sites for hydroxylation is 1. The SMILES string of the molecule is O=C(CCc1cccs1)Oc1ccccc1. The maximum Gasteiger partial charge on any atom is 0.311 e.